The van der Waals surface area contributed by atoms with Crippen LogP contribution in [-0.2, 0) is 6.42 Å². The van der Waals surface area contributed by atoms with Gasteiger partial charge in [0.25, 0.3) is 0 Å². The SMILES string of the molecule is OCC1Cc2c(O)cccc21. The summed E-state index contributed by atoms with van der Waals surface area (Å²) in [6.07, 6.45) is 0.818. The number of phenols is 1. The van der Waals surface area contributed by atoms with E-state index in [9.17, 15) is 5.11 Å². The summed E-state index contributed by atoms with van der Waals surface area (Å²) < 4.78 is 0. The van der Waals surface area contributed by atoms with Gasteiger partial charge >= 0.3 is 0 Å². The van der Waals surface area contributed by atoms with Gasteiger partial charge in [0.1, 0.15) is 5.75 Å². The van der Waals surface area contributed by atoms with E-state index < -0.39 is 0 Å². The molecule has 0 amide bonds. The lowest BCUT2D eigenvalue weighted by atomic mass is 9.78. The first-order chi connectivity index (χ1) is 5.33. The second kappa shape index (κ2) is 2.24. The zero-order valence-electron chi connectivity index (χ0n) is 6.12. The van der Waals surface area contributed by atoms with Crippen molar-refractivity contribution >= 4 is 0 Å². The summed E-state index contributed by atoms with van der Waals surface area (Å²) in [7, 11) is 0. The number of aliphatic hydroxyl groups excluding tert-OH is 1. The molecule has 0 spiro atoms. The summed E-state index contributed by atoms with van der Waals surface area (Å²) in [6.45, 7) is 0.191. The van der Waals surface area contributed by atoms with Crippen molar-refractivity contribution in [3.8, 4) is 5.75 Å². The Balaban J connectivity index is 2.41. The highest BCUT2D eigenvalue weighted by atomic mass is 16.3. The lowest BCUT2D eigenvalue weighted by Gasteiger charge is -2.28. The molecule has 58 valence electrons. The second-order valence-corrected chi connectivity index (χ2v) is 2.93. The van der Waals surface area contributed by atoms with Crippen molar-refractivity contribution in [2.75, 3.05) is 6.61 Å². The highest BCUT2D eigenvalue weighted by molar-refractivity contribution is 5.48. The standard InChI is InChI=1S/C9H10O2/c10-5-6-4-8-7(6)2-1-3-9(8)11/h1-3,6,10-11H,4-5H2. The third-order valence-corrected chi connectivity index (χ3v) is 2.30. The zero-order chi connectivity index (χ0) is 7.84. The van der Waals surface area contributed by atoms with Crippen LogP contribution in [0.15, 0.2) is 18.2 Å². The van der Waals surface area contributed by atoms with Gasteiger partial charge in [0, 0.05) is 5.92 Å². The van der Waals surface area contributed by atoms with Crippen LogP contribution in [0.2, 0.25) is 0 Å². The lowest BCUT2D eigenvalue weighted by Crippen LogP contribution is -2.20. The molecule has 1 atom stereocenters. The van der Waals surface area contributed by atoms with E-state index in [0.717, 1.165) is 17.5 Å². The molecule has 1 aliphatic carbocycles. The Morgan fingerprint density at radius 1 is 1.45 bits per heavy atom. The minimum Gasteiger partial charge on any atom is -0.508 e. The minimum atomic E-state index is 0.191. The number of phenolic OH excluding ortho intramolecular Hbond substituents is 1. The number of hydrogen-bond donors (Lipinski definition) is 2. The molecule has 2 rings (SSSR count). The smallest absolute Gasteiger partial charge is 0.119 e. The predicted molar refractivity (Wildman–Crippen MR) is 41.6 cm³/mol. The van der Waals surface area contributed by atoms with Gasteiger partial charge in [0.15, 0.2) is 0 Å². The molecule has 0 radical (unpaired) electrons. The van der Waals surface area contributed by atoms with Gasteiger partial charge in [-0.1, -0.05) is 12.1 Å². The van der Waals surface area contributed by atoms with Crippen LogP contribution < -0.4 is 0 Å². The Labute approximate surface area is 65.1 Å². The van der Waals surface area contributed by atoms with Crippen LogP contribution in [0.4, 0.5) is 0 Å². The maximum atomic E-state index is 9.28. The van der Waals surface area contributed by atoms with Gasteiger partial charge in [0.05, 0.1) is 6.61 Å². The highest BCUT2D eigenvalue weighted by Crippen LogP contribution is 2.39. The molecule has 0 heterocycles. The average molecular weight is 150 g/mol. The largest absolute Gasteiger partial charge is 0.508 e. The van der Waals surface area contributed by atoms with Gasteiger partial charge in [-0.3, -0.25) is 0 Å². The van der Waals surface area contributed by atoms with Crippen molar-refractivity contribution in [3.63, 3.8) is 0 Å². The molecule has 0 saturated heterocycles. The van der Waals surface area contributed by atoms with Crippen LogP contribution in [0.1, 0.15) is 17.0 Å². The van der Waals surface area contributed by atoms with Gasteiger partial charge < -0.3 is 10.2 Å². The molecule has 1 aliphatic rings. The van der Waals surface area contributed by atoms with Crippen LogP contribution in [-0.4, -0.2) is 16.8 Å². The molecule has 2 nitrogen and oxygen atoms in total. The van der Waals surface area contributed by atoms with E-state index in [4.69, 9.17) is 5.11 Å². The summed E-state index contributed by atoms with van der Waals surface area (Å²) in [5.74, 6) is 0.629. The van der Waals surface area contributed by atoms with Crippen LogP contribution >= 0.6 is 0 Å². The molecule has 11 heavy (non-hydrogen) atoms. The summed E-state index contributed by atoms with van der Waals surface area (Å²) in [5, 5.41) is 18.1. The summed E-state index contributed by atoms with van der Waals surface area (Å²) in [4.78, 5) is 0. The fourth-order valence-electron chi connectivity index (χ4n) is 1.59. The Morgan fingerprint density at radius 3 is 3.00 bits per heavy atom. The fourth-order valence-corrected chi connectivity index (χ4v) is 1.59. The average Bonchev–Trinajstić information content (AvgIpc) is 1.95. The maximum Gasteiger partial charge on any atom is 0.119 e. The zero-order valence-corrected chi connectivity index (χ0v) is 6.12. The third kappa shape index (κ3) is 0.828. The van der Waals surface area contributed by atoms with Crippen molar-refractivity contribution < 1.29 is 10.2 Å². The maximum absolute atomic E-state index is 9.28. The van der Waals surface area contributed by atoms with Crippen LogP contribution in [0.5, 0.6) is 5.75 Å². The predicted octanol–water partition coefficient (Wildman–Crippen LogP) is 1.02. The number of aromatic hydroxyl groups is 1. The molecule has 1 unspecified atom stereocenters. The van der Waals surface area contributed by atoms with Crippen molar-refractivity contribution in [1.29, 1.82) is 0 Å². The Bertz CT molecular complexity index is 281. The molecular formula is C9H10O2. The van der Waals surface area contributed by atoms with Crippen LogP contribution in [0.25, 0.3) is 0 Å². The van der Waals surface area contributed by atoms with E-state index in [1.807, 2.05) is 12.1 Å². The Kier molecular flexibility index (Phi) is 1.36. The molecule has 2 N–H and O–H groups in total. The molecule has 2 heteroatoms. The number of aliphatic hydroxyl groups is 1. The molecule has 1 aromatic rings. The van der Waals surface area contributed by atoms with Gasteiger partial charge in [-0.15, -0.1) is 0 Å². The monoisotopic (exact) mass is 150 g/mol. The molecule has 0 aromatic heterocycles. The molecule has 0 saturated carbocycles. The number of hydrogen-bond acceptors (Lipinski definition) is 2. The molecule has 0 bridgehead atoms. The first kappa shape index (κ1) is 6.68. The first-order valence-corrected chi connectivity index (χ1v) is 3.74. The third-order valence-electron chi connectivity index (χ3n) is 2.30. The molecular weight excluding hydrogens is 140 g/mol. The van der Waals surface area contributed by atoms with Gasteiger partial charge in [0.2, 0.25) is 0 Å². The van der Waals surface area contributed by atoms with E-state index in [-0.39, 0.29) is 12.5 Å². The number of benzene rings is 1. The topological polar surface area (TPSA) is 40.5 Å². The van der Waals surface area contributed by atoms with E-state index in [2.05, 4.69) is 0 Å². The Morgan fingerprint density at radius 2 is 2.27 bits per heavy atom. The number of fused-ring (bicyclic) bond motifs is 1. The van der Waals surface area contributed by atoms with Gasteiger partial charge in [-0.25, -0.2) is 0 Å². The molecule has 0 fully saturated rings. The number of rotatable bonds is 1. The summed E-state index contributed by atoms with van der Waals surface area (Å²) in [6, 6.07) is 5.46. The van der Waals surface area contributed by atoms with Crippen molar-refractivity contribution in [2.45, 2.75) is 12.3 Å². The molecule has 1 aromatic carbocycles. The van der Waals surface area contributed by atoms with Crippen LogP contribution in [0.3, 0.4) is 0 Å². The molecule has 0 aliphatic heterocycles. The highest BCUT2D eigenvalue weighted by Gasteiger charge is 2.27. The van der Waals surface area contributed by atoms with E-state index >= 15 is 0 Å². The fraction of sp³-hybridized carbons (Fsp3) is 0.333. The lowest BCUT2D eigenvalue weighted by molar-refractivity contribution is 0.251. The minimum absolute atomic E-state index is 0.191. The summed E-state index contributed by atoms with van der Waals surface area (Å²) >= 11 is 0. The van der Waals surface area contributed by atoms with E-state index in [0.29, 0.717) is 5.75 Å². The van der Waals surface area contributed by atoms with Crippen molar-refractivity contribution in [2.24, 2.45) is 0 Å². The quantitative estimate of drug-likeness (QED) is 0.627. The van der Waals surface area contributed by atoms with Crippen molar-refractivity contribution in [1.82, 2.24) is 0 Å². The van der Waals surface area contributed by atoms with Crippen LogP contribution in [0, 0.1) is 0 Å². The van der Waals surface area contributed by atoms with Gasteiger partial charge in [-0.05, 0) is 23.6 Å². The normalized spacial score (nSPS) is 20.6. The first-order valence-electron chi connectivity index (χ1n) is 3.74. The second-order valence-electron chi connectivity index (χ2n) is 2.93. The van der Waals surface area contributed by atoms with E-state index in [1.54, 1.807) is 6.07 Å². The van der Waals surface area contributed by atoms with E-state index in [1.165, 1.54) is 0 Å². The Hall–Kier alpha value is -1.02. The van der Waals surface area contributed by atoms with Crippen molar-refractivity contribution in [3.05, 3.63) is 29.3 Å². The van der Waals surface area contributed by atoms with Gasteiger partial charge in [-0.2, -0.15) is 0 Å². The summed E-state index contributed by atoms with van der Waals surface area (Å²) in [5.41, 5.74) is 2.11.